The zero-order valence-corrected chi connectivity index (χ0v) is 18.1. The number of hydrogen-bond acceptors (Lipinski definition) is 4. The summed E-state index contributed by atoms with van der Waals surface area (Å²) >= 11 is 0. The Morgan fingerprint density at radius 1 is 1.11 bits per heavy atom. The molecule has 0 atom stereocenters. The van der Waals surface area contributed by atoms with E-state index in [9.17, 15) is 0 Å². The van der Waals surface area contributed by atoms with Crippen LogP contribution in [0.5, 0.6) is 0 Å². The molecule has 0 bridgehead atoms. The highest BCUT2D eigenvalue weighted by Crippen LogP contribution is 2.17. The summed E-state index contributed by atoms with van der Waals surface area (Å²) in [6, 6.07) is 12.6. The molecule has 0 radical (unpaired) electrons. The predicted molar refractivity (Wildman–Crippen MR) is 120 cm³/mol. The van der Waals surface area contributed by atoms with Gasteiger partial charge in [0.05, 0.1) is 26.0 Å². The van der Waals surface area contributed by atoms with E-state index in [0.29, 0.717) is 6.54 Å². The average Bonchev–Trinajstić information content (AvgIpc) is 3.21. The third-order valence-corrected chi connectivity index (χ3v) is 4.32. The Kier molecular flexibility index (Phi) is 9.47. The van der Waals surface area contributed by atoms with Gasteiger partial charge in [0.25, 0.3) is 0 Å². The lowest BCUT2D eigenvalue weighted by Gasteiger charge is -2.28. The Hall–Kier alpha value is -1.74. The number of hydrogen-bond donors (Lipinski definition) is 2. The quantitative estimate of drug-likeness (QED) is 0.360. The van der Waals surface area contributed by atoms with E-state index in [1.165, 1.54) is 11.3 Å². The first-order chi connectivity index (χ1) is 12.8. The van der Waals surface area contributed by atoms with Crippen molar-refractivity contribution in [3.05, 3.63) is 54.0 Å². The number of halogens is 1. The van der Waals surface area contributed by atoms with Crippen molar-refractivity contribution >= 4 is 35.6 Å². The topological polar surface area (TPSA) is 62.0 Å². The van der Waals surface area contributed by atoms with Crippen molar-refractivity contribution in [1.82, 2.24) is 10.6 Å². The normalized spacial score (nSPS) is 14.6. The van der Waals surface area contributed by atoms with E-state index in [1.807, 2.05) is 12.1 Å². The number of ether oxygens (including phenoxy) is 1. The van der Waals surface area contributed by atoms with Crippen LogP contribution in [0.15, 0.2) is 52.1 Å². The maximum Gasteiger partial charge on any atom is 0.191 e. The molecule has 0 aliphatic carbocycles. The first-order valence-corrected chi connectivity index (χ1v) is 9.31. The van der Waals surface area contributed by atoms with Gasteiger partial charge in [-0.05, 0) is 36.8 Å². The highest BCUT2D eigenvalue weighted by Gasteiger charge is 2.10. The molecule has 2 heterocycles. The SMILES string of the molecule is CCNC(=NCc1ccc(N2CCOCC2)cc1)NCCc1ccco1.I. The summed E-state index contributed by atoms with van der Waals surface area (Å²) in [5, 5.41) is 6.63. The molecule has 2 N–H and O–H groups in total. The van der Waals surface area contributed by atoms with Crippen LogP contribution >= 0.6 is 24.0 Å². The summed E-state index contributed by atoms with van der Waals surface area (Å²) in [7, 11) is 0. The first kappa shape index (κ1) is 21.6. The minimum absolute atomic E-state index is 0. The van der Waals surface area contributed by atoms with E-state index in [2.05, 4.69) is 51.7 Å². The average molecular weight is 484 g/mol. The molecule has 1 fully saturated rings. The molecule has 1 aromatic carbocycles. The molecule has 148 valence electrons. The summed E-state index contributed by atoms with van der Waals surface area (Å²) < 4.78 is 10.8. The van der Waals surface area contributed by atoms with Crippen molar-refractivity contribution in [2.75, 3.05) is 44.3 Å². The number of nitrogens with one attached hydrogen (secondary N) is 2. The van der Waals surface area contributed by atoms with E-state index in [1.54, 1.807) is 6.26 Å². The molecule has 1 aliphatic heterocycles. The fourth-order valence-electron chi connectivity index (χ4n) is 2.90. The van der Waals surface area contributed by atoms with Gasteiger partial charge in [-0.1, -0.05) is 12.1 Å². The predicted octanol–water partition coefficient (Wildman–Crippen LogP) is 3.03. The van der Waals surface area contributed by atoms with E-state index < -0.39 is 0 Å². The van der Waals surface area contributed by atoms with E-state index in [0.717, 1.165) is 57.5 Å². The van der Waals surface area contributed by atoms with Crippen molar-refractivity contribution < 1.29 is 9.15 Å². The number of guanidine groups is 1. The van der Waals surface area contributed by atoms with Gasteiger partial charge in [0, 0.05) is 38.3 Å². The fourth-order valence-corrected chi connectivity index (χ4v) is 2.90. The van der Waals surface area contributed by atoms with Gasteiger partial charge in [0.2, 0.25) is 0 Å². The maximum absolute atomic E-state index is 5.41. The second kappa shape index (κ2) is 11.9. The zero-order chi connectivity index (χ0) is 18.0. The minimum Gasteiger partial charge on any atom is -0.469 e. The van der Waals surface area contributed by atoms with Crippen LogP contribution in [-0.2, 0) is 17.7 Å². The molecule has 0 unspecified atom stereocenters. The third-order valence-electron chi connectivity index (χ3n) is 4.32. The molecule has 2 aromatic rings. The van der Waals surface area contributed by atoms with Crippen molar-refractivity contribution in [1.29, 1.82) is 0 Å². The zero-order valence-electron chi connectivity index (χ0n) is 15.8. The summed E-state index contributed by atoms with van der Waals surface area (Å²) in [6.45, 7) is 7.88. The number of benzene rings is 1. The van der Waals surface area contributed by atoms with Crippen LogP contribution in [0.4, 0.5) is 5.69 Å². The van der Waals surface area contributed by atoms with Crippen LogP contribution in [0.25, 0.3) is 0 Å². The number of anilines is 1. The second-order valence-electron chi connectivity index (χ2n) is 6.22. The molecule has 6 nitrogen and oxygen atoms in total. The lowest BCUT2D eigenvalue weighted by atomic mass is 10.2. The fraction of sp³-hybridized carbons (Fsp3) is 0.450. The lowest BCUT2D eigenvalue weighted by molar-refractivity contribution is 0.122. The van der Waals surface area contributed by atoms with Crippen LogP contribution in [0.3, 0.4) is 0 Å². The van der Waals surface area contributed by atoms with Gasteiger partial charge in [-0.3, -0.25) is 0 Å². The number of rotatable bonds is 7. The molecular weight excluding hydrogens is 455 g/mol. The van der Waals surface area contributed by atoms with Gasteiger partial charge in [-0.15, -0.1) is 24.0 Å². The van der Waals surface area contributed by atoms with Gasteiger partial charge in [-0.25, -0.2) is 4.99 Å². The van der Waals surface area contributed by atoms with Gasteiger partial charge in [0.15, 0.2) is 5.96 Å². The Balaban J connectivity index is 0.00000261. The second-order valence-corrected chi connectivity index (χ2v) is 6.22. The molecule has 0 saturated carbocycles. The van der Waals surface area contributed by atoms with Crippen molar-refractivity contribution in [2.45, 2.75) is 19.9 Å². The molecular formula is C20H29IN4O2. The van der Waals surface area contributed by atoms with E-state index in [4.69, 9.17) is 9.15 Å². The smallest absolute Gasteiger partial charge is 0.191 e. The number of nitrogens with zero attached hydrogens (tertiary/aromatic N) is 2. The standard InChI is InChI=1S/C20H28N4O2.HI/c1-2-21-20(22-10-9-19-4-3-13-26-19)23-16-17-5-7-18(8-6-17)24-11-14-25-15-12-24;/h3-8,13H,2,9-12,14-16H2,1H3,(H2,21,22,23);1H. The van der Waals surface area contributed by atoms with Gasteiger partial charge in [-0.2, -0.15) is 0 Å². The summed E-state index contributed by atoms with van der Waals surface area (Å²) in [6.07, 6.45) is 2.54. The van der Waals surface area contributed by atoms with Crippen LogP contribution in [0.2, 0.25) is 0 Å². The van der Waals surface area contributed by atoms with Crippen molar-refractivity contribution in [3.8, 4) is 0 Å². The van der Waals surface area contributed by atoms with Crippen LogP contribution in [0, 0.1) is 0 Å². The highest BCUT2D eigenvalue weighted by molar-refractivity contribution is 14.0. The summed E-state index contributed by atoms with van der Waals surface area (Å²) in [4.78, 5) is 7.03. The molecule has 3 rings (SSSR count). The van der Waals surface area contributed by atoms with Gasteiger partial charge < -0.3 is 24.7 Å². The Labute approximate surface area is 178 Å². The van der Waals surface area contributed by atoms with Crippen LogP contribution in [-0.4, -0.2) is 45.4 Å². The number of morpholine rings is 1. The number of furan rings is 1. The van der Waals surface area contributed by atoms with Crippen molar-refractivity contribution in [2.24, 2.45) is 4.99 Å². The summed E-state index contributed by atoms with van der Waals surface area (Å²) in [5.41, 5.74) is 2.45. The molecule has 27 heavy (non-hydrogen) atoms. The van der Waals surface area contributed by atoms with Crippen LogP contribution in [0.1, 0.15) is 18.2 Å². The first-order valence-electron chi connectivity index (χ1n) is 9.31. The number of aliphatic imine (C=N–C) groups is 1. The molecule has 7 heteroatoms. The molecule has 1 saturated heterocycles. The van der Waals surface area contributed by atoms with Gasteiger partial charge >= 0.3 is 0 Å². The highest BCUT2D eigenvalue weighted by atomic mass is 127. The largest absolute Gasteiger partial charge is 0.469 e. The molecule has 1 aromatic heterocycles. The Morgan fingerprint density at radius 2 is 1.89 bits per heavy atom. The monoisotopic (exact) mass is 484 g/mol. The van der Waals surface area contributed by atoms with E-state index >= 15 is 0 Å². The molecule has 1 aliphatic rings. The van der Waals surface area contributed by atoms with Crippen molar-refractivity contribution in [3.63, 3.8) is 0 Å². The Bertz CT molecular complexity index is 668. The molecule has 0 amide bonds. The lowest BCUT2D eigenvalue weighted by Crippen LogP contribution is -2.38. The maximum atomic E-state index is 5.41. The minimum atomic E-state index is 0. The molecule has 0 spiro atoms. The summed E-state index contributed by atoms with van der Waals surface area (Å²) in [5.74, 6) is 1.81. The third kappa shape index (κ3) is 7.06. The van der Waals surface area contributed by atoms with E-state index in [-0.39, 0.29) is 24.0 Å². The Morgan fingerprint density at radius 3 is 2.56 bits per heavy atom. The van der Waals surface area contributed by atoms with Crippen LogP contribution < -0.4 is 15.5 Å². The van der Waals surface area contributed by atoms with Gasteiger partial charge in [0.1, 0.15) is 5.76 Å².